The first-order valence-electron chi connectivity index (χ1n) is 6.07. The molecule has 2 aromatic rings. The van der Waals surface area contributed by atoms with Crippen LogP contribution in [-0.2, 0) is 0 Å². The van der Waals surface area contributed by atoms with E-state index in [4.69, 9.17) is 0 Å². The second-order valence-corrected chi connectivity index (χ2v) is 4.50. The summed E-state index contributed by atoms with van der Waals surface area (Å²) in [5.41, 5.74) is -2.71. The highest BCUT2D eigenvalue weighted by molar-refractivity contribution is 5.73. The predicted molar refractivity (Wildman–Crippen MR) is 78.5 cm³/mol. The molecule has 122 valence electrons. The van der Waals surface area contributed by atoms with Gasteiger partial charge in [-0.25, -0.2) is 0 Å². The number of nitro benzene ring substituents is 4. The Kier molecular flexibility index (Phi) is 4.13. The van der Waals surface area contributed by atoms with Crippen LogP contribution in [0.4, 0.5) is 22.7 Å². The highest BCUT2D eigenvalue weighted by atomic mass is 16.6. The van der Waals surface area contributed by atoms with Crippen LogP contribution in [0.25, 0.3) is 11.1 Å². The summed E-state index contributed by atoms with van der Waals surface area (Å²) in [5, 5.41) is 43.5. The SMILES string of the molecule is O=[N+]([O-])c1cc(-c2cc([N+](=O)[O-])cc([N+](=O)[O-])c2)cc([N+](=O)[O-])c1. The summed E-state index contributed by atoms with van der Waals surface area (Å²) in [6, 6.07) is 5.20. The fourth-order valence-corrected chi connectivity index (χ4v) is 1.95. The van der Waals surface area contributed by atoms with Crippen molar-refractivity contribution in [3.63, 3.8) is 0 Å². The minimum absolute atomic E-state index is 0.122. The van der Waals surface area contributed by atoms with E-state index in [1.165, 1.54) is 0 Å². The Bertz CT molecular complexity index is 757. The monoisotopic (exact) mass is 334 g/mol. The van der Waals surface area contributed by atoms with Crippen molar-refractivity contribution < 1.29 is 19.7 Å². The van der Waals surface area contributed by atoms with Crippen LogP contribution in [0.3, 0.4) is 0 Å². The molecule has 0 heterocycles. The summed E-state index contributed by atoms with van der Waals surface area (Å²) < 4.78 is 0. The minimum atomic E-state index is -0.873. The molecule has 12 heteroatoms. The largest absolute Gasteiger partial charge is 0.276 e. The van der Waals surface area contributed by atoms with Gasteiger partial charge in [0.2, 0.25) is 0 Å². The predicted octanol–water partition coefficient (Wildman–Crippen LogP) is 2.99. The standard InChI is InChI=1S/C12H6N4O8/c17-13(18)9-1-7(2-10(5-9)14(19)20)8-3-11(15(21)22)6-12(4-8)16(23)24/h1-6H. The number of hydrogen-bond donors (Lipinski definition) is 0. The van der Waals surface area contributed by atoms with Gasteiger partial charge < -0.3 is 0 Å². The van der Waals surface area contributed by atoms with Gasteiger partial charge in [-0.3, -0.25) is 40.5 Å². The molecular weight excluding hydrogens is 328 g/mol. The second kappa shape index (κ2) is 6.04. The van der Waals surface area contributed by atoms with E-state index >= 15 is 0 Å². The number of non-ortho nitro benzene ring substituents is 4. The Morgan fingerprint density at radius 2 is 0.667 bits per heavy atom. The van der Waals surface area contributed by atoms with E-state index in [0.29, 0.717) is 0 Å². The van der Waals surface area contributed by atoms with Crippen molar-refractivity contribution >= 4 is 22.7 Å². The van der Waals surface area contributed by atoms with E-state index < -0.39 is 42.4 Å². The van der Waals surface area contributed by atoms with Crippen LogP contribution in [0, 0.1) is 40.5 Å². The summed E-state index contributed by atoms with van der Waals surface area (Å²) in [6.45, 7) is 0. The van der Waals surface area contributed by atoms with Gasteiger partial charge >= 0.3 is 0 Å². The normalized spacial score (nSPS) is 10.2. The Morgan fingerprint density at radius 1 is 0.458 bits per heavy atom. The highest BCUT2D eigenvalue weighted by Gasteiger charge is 2.21. The molecule has 0 spiro atoms. The van der Waals surface area contributed by atoms with Crippen LogP contribution in [0.1, 0.15) is 0 Å². The summed E-state index contributed by atoms with van der Waals surface area (Å²) in [7, 11) is 0. The van der Waals surface area contributed by atoms with Crippen molar-refractivity contribution in [1.82, 2.24) is 0 Å². The Hall–Kier alpha value is -3.96. The number of nitro groups is 4. The minimum Gasteiger partial charge on any atom is -0.258 e. The molecular formula is C12H6N4O8. The molecule has 0 radical (unpaired) electrons. The average Bonchev–Trinajstić information content (AvgIpc) is 2.53. The molecule has 24 heavy (non-hydrogen) atoms. The summed E-state index contributed by atoms with van der Waals surface area (Å²) in [4.78, 5) is 40.0. The second-order valence-electron chi connectivity index (χ2n) is 4.50. The first-order valence-corrected chi connectivity index (χ1v) is 6.07. The van der Waals surface area contributed by atoms with E-state index in [1.54, 1.807) is 0 Å². The molecule has 0 aliphatic carbocycles. The molecule has 0 aliphatic heterocycles. The van der Waals surface area contributed by atoms with Crippen LogP contribution in [-0.4, -0.2) is 19.7 Å². The van der Waals surface area contributed by atoms with Gasteiger partial charge in [-0.2, -0.15) is 0 Å². The van der Waals surface area contributed by atoms with E-state index in [0.717, 1.165) is 36.4 Å². The van der Waals surface area contributed by atoms with Crippen molar-refractivity contribution in [1.29, 1.82) is 0 Å². The van der Waals surface area contributed by atoms with E-state index in [9.17, 15) is 40.5 Å². The lowest BCUT2D eigenvalue weighted by Gasteiger charge is -2.03. The van der Waals surface area contributed by atoms with Gasteiger partial charge in [0.05, 0.1) is 31.8 Å². The van der Waals surface area contributed by atoms with Crippen LogP contribution in [0.5, 0.6) is 0 Å². The molecule has 0 atom stereocenters. The molecule has 0 unspecified atom stereocenters. The first kappa shape index (κ1) is 16.4. The topological polar surface area (TPSA) is 173 Å². The number of rotatable bonds is 5. The summed E-state index contributed by atoms with van der Waals surface area (Å²) in [6.07, 6.45) is 0. The summed E-state index contributed by atoms with van der Waals surface area (Å²) >= 11 is 0. The lowest BCUT2D eigenvalue weighted by atomic mass is 10.0. The van der Waals surface area contributed by atoms with Crippen molar-refractivity contribution in [3.05, 3.63) is 76.9 Å². The molecule has 0 saturated carbocycles. The molecule has 0 N–H and O–H groups in total. The molecule has 12 nitrogen and oxygen atoms in total. The number of nitrogens with zero attached hydrogens (tertiary/aromatic N) is 4. The van der Waals surface area contributed by atoms with Gasteiger partial charge in [0.1, 0.15) is 0 Å². The molecule has 0 aromatic heterocycles. The van der Waals surface area contributed by atoms with Crippen molar-refractivity contribution in [2.75, 3.05) is 0 Å². The number of benzene rings is 2. The fraction of sp³-hybridized carbons (Fsp3) is 0. The van der Waals surface area contributed by atoms with E-state index in [-0.39, 0.29) is 11.1 Å². The van der Waals surface area contributed by atoms with Crippen molar-refractivity contribution in [3.8, 4) is 11.1 Å². The van der Waals surface area contributed by atoms with Crippen LogP contribution >= 0.6 is 0 Å². The van der Waals surface area contributed by atoms with Crippen molar-refractivity contribution in [2.45, 2.75) is 0 Å². The van der Waals surface area contributed by atoms with Crippen LogP contribution in [0.2, 0.25) is 0 Å². The lowest BCUT2D eigenvalue weighted by molar-refractivity contribution is -0.394. The van der Waals surface area contributed by atoms with Gasteiger partial charge in [-0.15, -0.1) is 0 Å². The maximum Gasteiger partial charge on any atom is 0.276 e. The summed E-state index contributed by atoms with van der Waals surface area (Å²) in [5.74, 6) is 0. The zero-order valence-corrected chi connectivity index (χ0v) is 11.5. The Balaban J connectivity index is 2.74. The zero-order valence-electron chi connectivity index (χ0n) is 11.5. The smallest absolute Gasteiger partial charge is 0.258 e. The third-order valence-corrected chi connectivity index (χ3v) is 2.98. The lowest BCUT2D eigenvalue weighted by Crippen LogP contribution is -1.96. The fourth-order valence-electron chi connectivity index (χ4n) is 1.95. The maximum absolute atomic E-state index is 10.9. The van der Waals surface area contributed by atoms with Gasteiger partial charge in [0.15, 0.2) is 0 Å². The molecule has 2 aromatic carbocycles. The molecule has 0 fully saturated rings. The van der Waals surface area contributed by atoms with Crippen LogP contribution < -0.4 is 0 Å². The first-order chi connectivity index (χ1) is 11.2. The average molecular weight is 334 g/mol. The van der Waals surface area contributed by atoms with Crippen LogP contribution in [0.15, 0.2) is 36.4 Å². The Labute approximate surface area is 131 Å². The molecule has 0 aliphatic rings. The van der Waals surface area contributed by atoms with Gasteiger partial charge in [-0.05, 0) is 11.1 Å². The van der Waals surface area contributed by atoms with Gasteiger partial charge in [0.25, 0.3) is 22.7 Å². The zero-order chi connectivity index (χ0) is 18.0. The number of hydrogen-bond acceptors (Lipinski definition) is 8. The molecule has 0 amide bonds. The molecule has 0 saturated heterocycles. The van der Waals surface area contributed by atoms with Gasteiger partial charge in [0, 0.05) is 24.3 Å². The quantitative estimate of drug-likeness (QED) is 0.592. The molecule has 0 bridgehead atoms. The van der Waals surface area contributed by atoms with E-state index in [2.05, 4.69) is 0 Å². The van der Waals surface area contributed by atoms with Gasteiger partial charge in [-0.1, -0.05) is 0 Å². The third kappa shape index (κ3) is 3.27. The highest BCUT2D eigenvalue weighted by Crippen LogP contribution is 2.34. The Morgan fingerprint density at radius 3 is 0.833 bits per heavy atom. The molecule has 2 rings (SSSR count). The van der Waals surface area contributed by atoms with Crippen molar-refractivity contribution in [2.24, 2.45) is 0 Å². The maximum atomic E-state index is 10.9. The van der Waals surface area contributed by atoms with E-state index in [1.807, 2.05) is 0 Å². The third-order valence-electron chi connectivity index (χ3n) is 2.98.